The number of ether oxygens (including phenoxy) is 1. The van der Waals surface area contributed by atoms with Crippen LogP contribution in [0.3, 0.4) is 0 Å². The predicted molar refractivity (Wildman–Crippen MR) is 94.0 cm³/mol. The highest BCUT2D eigenvalue weighted by atomic mass is 79.9. The molecule has 0 fully saturated rings. The molecule has 2 rings (SSSR count). The van der Waals surface area contributed by atoms with E-state index in [9.17, 15) is 4.79 Å². The van der Waals surface area contributed by atoms with E-state index in [1.165, 1.54) is 0 Å². The Morgan fingerprint density at radius 1 is 1.39 bits per heavy atom. The molecule has 23 heavy (non-hydrogen) atoms. The summed E-state index contributed by atoms with van der Waals surface area (Å²) in [5.74, 6) is 0.737. The van der Waals surface area contributed by atoms with Crippen LogP contribution in [0.25, 0.3) is 5.65 Å². The minimum atomic E-state index is -0.688. The number of Topliss-reactive ketones (excluding diaryl/α,β-unsaturated/α-hetero) is 1. The summed E-state index contributed by atoms with van der Waals surface area (Å²) in [4.78, 5) is 18.8. The standard InChI is InChI=1S/C16H23BrN4O2/c1-9-13(14(10(2)22)23-16(3,4)5)15(20(6)7)21-12(18-9)8-11(17)19-21/h8,14H,1-7H3/t14-/m1/s1. The van der Waals surface area contributed by atoms with Crippen LogP contribution in [0, 0.1) is 6.92 Å². The largest absolute Gasteiger partial charge is 0.362 e. The number of carbonyl (C=O) groups is 1. The zero-order valence-corrected chi connectivity index (χ0v) is 16.2. The summed E-state index contributed by atoms with van der Waals surface area (Å²) >= 11 is 3.38. The summed E-state index contributed by atoms with van der Waals surface area (Å²) in [5, 5.41) is 4.44. The van der Waals surface area contributed by atoms with Gasteiger partial charge in [0.1, 0.15) is 16.5 Å². The fourth-order valence-electron chi connectivity index (χ4n) is 2.52. The summed E-state index contributed by atoms with van der Waals surface area (Å²) in [6.07, 6.45) is -0.688. The summed E-state index contributed by atoms with van der Waals surface area (Å²) < 4.78 is 8.47. The van der Waals surface area contributed by atoms with E-state index in [1.54, 1.807) is 11.4 Å². The van der Waals surface area contributed by atoms with Gasteiger partial charge in [-0.3, -0.25) is 4.79 Å². The molecule has 0 radical (unpaired) electrons. The number of fused-ring (bicyclic) bond motifs is 1. The quantitative estimate of drug-likeness (QED) is 0.811. The third kappa shape index (κ3) is 3.72. The molecule has 0 aliphatic rings. The predicted octanol–water partition coefficient (Wildman–Crippen LogP) is 3.31. The van der Waals surface area contributed by atoms with E-state index < -0.39 is 11.7 Å². The summed E-state index contributed by atoms with van der Waals surface area (Å²) in [6.45, 7) is 9.24. The van der Waals surface area contributed by atoms with Crippen LogP contribution < -0.4 is 4.90 Å². The molecule has 1 atom stereocenters. The lowest BCUT2D eigenvalue weighted by atomic mass is 10.0. The normalized spacial score (nSPS) is 13.4. The second-order valence-electron chi connectivity index (χ2n) is 6.79. The second kappa shape index (κ2) is 6.20. The number of anilines is 1. The molecule has 7 heteroatoms. The van der Waals surface area contributed by atoms with E-state index in [2.05, 4.69) is 26.0 Å². The van der Waals surface area contributed by atoms with E-state index in [1.807, 2.05) is 52.8 Å². The Balaban J connectivity index is 2.77. The molecule has 126 valence electrons. The van der Waals surface area contributed by atoms with Crippen LogP contribution in [0.1, 0.15) is 45.1 Å². The van der Waals surface area contributed by atoms with Gasteiger partial charge in [-0.05, 0) is 50.5 Å². The van der Waals surface area contributed by atoms with Crippen LogP contribution in [-0.4, -0.2) is 40.1 Å². The number of nitrogens with zero attached hydrogens (tertiary/aromatic N) is 4. The number of aryl methyl sites for hydroxylation is 1. The first-order valence-corrected chi connectivity index (χ1v) is 8.22. The zero-order chi connectivity index (χ0) is 17.5. The van der Waals surface area contributed by atoms with Crippen molar-refractivity contribution in [1.29, 1.82) is 0 Å². The smallest absolute Gasteiger partial charge is 0.163 e. The number of ketones is 1. The topological polar surface area (TPSA) is 59.7 Å². The minimum absolute atomic E-state index is 0.0569. The van der Waals surface area contributed by atoms with Gasteiger partial charge in [0, 0.05) is 25.9 Å². The third-order valence-corrected chi connectivity index (χ3v) is 3.69. The molecule has 2 aromatic rings. The molecule has 0 aromatic carbocycles. The first-order chi connectivity index (χ1) is 10.5. The maximum Gasteiger partial charge on any atom is 0.163 e. The lowest BCUT2D eigenvalue weighted by molar-refractivity contribution is -0.138. The average Bonchev–Trinajstić information content (AvgIpc) is 2.72. The summed E-state index contributed by atoms with van der Waals surface area (Å²) in [7, 11) is 3.84. The van der Waals surface area contributed by atoms with Crippen molar-refractivity contribution in [3.63, 3.8) is 0 Å². The van der Waals surface area contributed by atoms with Crippen LogP contribution in [0.2, 0.25) is 0 Å². The van der Waals surface area contributed by atoms with E-state index in [0.29, 0.717) is 4.60 Å². The molecule has 0 spiro atoms. The molecular formula is C16H23BrN4O2. The van der Waals surface area contributed by atoms with E-state index in [0.717, 1.165) is 22.7 Å². The molecule has 0 amide bonds. The van der Waals surface area contributed by atoms with Crippen molar-refractivity contribution >= 4 is 33.2 Å². The van der Waals surface area contributed by atoms with Crippen LogP contribution in [0.4, 0.5) is 5.82 Å². The van der Waals surface area contributed by atoms with Gasteiger partial charge in [-0.1, -0.05) is 0 Å². The van der Waals surface area contributed by atoms with E-state index >= 15 is 0 Å². The van der Waals surface area contributed by atoms with E-state index in [4.69, 9.17) is 4.74 Å². The monoisotopic (exact) mass is 382 g/mol. The Kier molecular flexibility index (Phi) is 4.82. The number of rotatable bonds is 4. The van der Waals surface area contributed by atoms with Crippen LogP contribution >= 0.6 is 15.9 Å². The van der Waals surface area contributed by atoms with Gasteiger partial charge in [0.15, 0.2) is 11.4 Å². The minimum Gasteiger partial charge on any atom is -0.362 e. The molecule has 2 heterocycles. The average molecular weight is 383 g/mol. The fraction of sp³-hybridized carbons (Fsp3) is 0.562. The van der Waals surface area contributed by atoms with Crippen molar-refractivity contribution in [2.24, 2.45) is 0 Å². The Morgan fingerprint density at radius 3 is 2.48 bits per heavy atom. The number of hydrogen-bond acceptors (Lipinski definition) is 5. The Hall–Kier alpha value is -1.47. The van der Waals surface area contributed by atoms with Crippen molar-refractivity contribution < 1.29 is 9.53 Å². The highest BCUT2D eigenvalue weighted by molar-refractivity contribution is 9.10. The second-order valence-corrected chi connectivity index (χ2v) is 7.60. The molecule has 0 N–H and O–H groups in total. The van der Waals surface area contributed by atoms with Crippen molar-refractivity contribution in [3.8, 4) is 0 Å². The van der Waals surface area contributed by atoms with Crippen LogP contribution in [-0.2, 0) is 9.53 Å². The molecule has 6 nitrogen and oxygen atoms in total. The van der Waals surface area contributed by atoms with Gasteiger partial charge in [0.2, 0.25) is 0 Å². The van der Waals surface area contributed by atoms with Gasteiger partial charge in [0.05, 0.1) is 11.2 Å². The fourth-order valence-corrected chi connectivity index (χ4v) is 2.89. The number of carbonyl (C=O) groups excluding carboxylic acids is 1. The summed E-state index contributed by atoms with van der Waals surface area (Å²) in [6, 6.07) is 1.84. The molecule has 2 aromatic heterocycles. The Labute approximate surface area is 145 Å². The first-order valence-electron chi connectivity index (χ1n) is 7.42. The van der Waals surface area contributed by atoms with Crippen LogP contribution in [0.5, 0.6) is 0 Å². The van der Waals surface area contributed by atoms with Crippen molar-refractivity contribution in [1.82, 2.24) is 14.6 Å². The van der Waals surface area contributed by atoms with Gasteiger partial charge in [-0.2, -0.15) is 9.61 Å². The third-order valence-electron chi connectivity index (χ3n) is 3.30. The van der Waals surface area contributed by atoms with Crippen molar-refractivity contribution in [3.05, 3.63) is 21.9 Å². The van der Waals surface area contributed by atoms with Gasteiger partial charge >= 0.3 is 0 Å². The SMILES string of the molecule is CC(=O)[C@@H](OC(C)(C)C)c1c(C)nc2cc(Br)nn2c1N(C)C. The molecule has 0 saturated carbocycles. The Morgan fingerprint density at radius 2 is 2.00 bits per heavy atom. The first kappa shape index (κ1) is 17.9. The number of halogens is 1. The lowest BCUT2D eigenvalue weighted by Gasteiger charge is -2.30. The van der Waals surface area contributed by atoms with Crippen LogP contribution in [0.15, 0.2) is 10.7 Å². The van der Waals surface area contributed by atoms with Gasteiger partial charge in [-0.15, -0.1) is 0 Å². The van der Waals surface area contributed by atoms with Crippen molar-refractivity contribution in [2.75, 3.05) is 19.0 Å². The van der Waals surface area contributed by atoms with E-state index in [-0.39, 0.29) is 5.78 Å². The lowest BCUT2D eigenvalue weighted by Crippen LogP contribution is -2.29. The maximum absolute atomic E-state index is 12.3. The molecular weight excluding hydrogens is 360 g/mol. The summed E-state index contributed by atoms with van der Waals surface area (Å²) in [5.41, 5.74) is 1.78. The highest BCUT2D eigenvalue weighted by Gasteiger charge is 2.31. The van der Waals surface area contributed by atoms with Gasteiger partial charge in [0.25, 0.3) is 0 Å². The van der Waals surface area contributed by atoms with Gasteiger partial charge in [-0.25, -0.2) is 4.98 Å². The molecule has 0 aliphatic heterocycles. The number of hydrogen-bond donors (Lipinski definition) is 0. The van der Waals surface area contributed by atoms with Gasteiger partial charge < -0.3 is 9.64 Å². The molecule has 0 unspecified atom stereocenters. The Bertz CT molecular complexity index is 747. The molecule has 0 aliphatic carbocycles. The molecule has 0 saturated heterocycles. The highest BCUT2D eigenvalue weighted by Crippen LogP contribution is 2.34. The number of aromatic nitrogens is 3. The molecule has 0 bridgehead atoms. The maximum atomic E-state index is 12.3. The van der Waals surface area contributed by atoms with Crippen molar-refractivity contribution in [2.45, 2.75) is 46.3 Å². The zero-order valence-electron chi connectivity index (χ0n) is 14.6.